The van der Waals surface area contributed by atoms with Crippen LogP contribution < -0.4 is 0 Å². The lowest BCUT2D eigenvalue weighted by Crippen LogP contribution is -2.09. The Morgan fingerprint density at radius 3 is 2.85 bits per heavy atom. The predicted octanol–water partition coefficient (Wildman–Crippen LogP) is 2.27. The highest BCUT2D eigenvalue weighted by atomic mass is 16.6. The van der Waals surface area contributed by atoms with Crippen molar-refractivity contribution in [3.8, 4) is 6.07 Å². The smallest absolute Gasteiger partial charge is 0.243 e. The first-order valence-electron chi connectivity index (χ1n) is 3.94. The van der Waals surface area contributed by atoms with Crippen molar-refractivity contribution < 1.29 is 4.92 Å². The lowest BCUT2D eigenvalue weighted by atomic mass is 9.99. The number of hydrogen-bond donors (Lipinski definition) is 0. The van der Waals surface area contributed by atoms with Crippen LogP contribution in [0.15, 0.2) is 24.4 Å². The van der Waals surface area contributed by atoms with Gasteiger partial charge in [0.1, 0.15) is 0 Å². The van der Waals surface area contributed by atoms with Gasteiger partial charge in [-0.1, -0.05) is 12.2 Å². The van der Waals surface area contributed by atoms with Gasteiger partial charge in [0.2, 0.25) is 5.70 Å². The summed E-state index contributed by atoms with van der Waals surface area (Å²) < 4.78 is 0. The van der Waals surface area contributed by atoms with Crippen LogP contribution in [0.5, 0.6) is 0 Å². The highest BCUT2D eigenvalue weighted by Crippen LogP contribution is 2.18. The lowest BCUT2D eigenvalue weighted by molar-refractivity contribution is -0.433. The summed E-state index contributed by atoms with van der Waals surface area (Å²) in [4.78, 5) is 9.83. The Labute approximate surface area is 77.3 Å². The summed E-state index contributed by atoms with van der Waals surface area (Å²) in [7, 11) is 0. The molecule has 0 aromatic carbocycles. The molecule has 0 radical (unpaired) electrons. The molecule has 13 heavy (non-hydrogen) atoms. The first-order chi connectivity index (χ1) is 6.13. The molecule has 0 aliphatic rings. The average molecular weight is 180 g/mol. The van der Waals surface area contributed by atoms with E-state index in [1.165, 1.54) is 0 Å². The Balaban J connectivity index is 4.33. The molecule has 70 valence electrons. The molecule has 0 aliphatic heterocycles. The summed E-state index contributed by atoms with van der Waals surface area (Å²) in [6.07, 6.45) is 4.25. The maximum Gasteiger partial charge on any atom is 0.243 e. The van der Waals surface area contributed by atoms with Crippen molar-refractivity contribution in [2.75, 3.05) is 0 Å². The third-order valence-electron chi connectivity index (χ3n) is 1.70. The first kappa shape index (κ1) is 11.4. The zero-order valence-electron chi connectivity index (χ0n) is 7.56. The van der Waals surface area contributed by atoms with E-state index in [-0.39, 0.29) is 18.0 Å². The fourth-order valence-corrected chi connectivity index (χ4v) is 0.897. The molecule has 0 rings (SSSR count). The van der Waals surface area contributed by atoms with E-state index in [1.54, 1.807) is 12.2 Å². The van der Waals surface area contributed by atoms with Crippen molar-refractivity contribution in [2.45, 2.75) is 19.8 Å². The molecular weight excluding hydrogens is 168 g/mol. The molecule has 0 fully saturated rings. The maximum atomic E-state index is 10.4. The van der Waals surface area contributed by atoms with Gasteiger partial charge >= 0.3 is 0 Å². The molecule has 0 bridgehead atoms. The van der Waals surface area contributed by atoms with E-state index < -0.39 is 4.92 Å². The lowest BCUT2D eigenvalue weighted by Gasteiger charge is -2.05. The molecule has 0 N–H and O–H groups in total. The minimum Gasteiger partial charge on any atom is -0.259 e. The normalized spacial score (nSPS) is 12.3. The number of rotatable bonds is 5. The van der Waals surface area contributed by atoms with E-state index >= 15 is 0 Å². The number of nitriles is 1. The molecule has 4 heteroatoms. The van der Waals surface area contributed by atoms with Crippen LogP contribution in [-0.4, -0.2) is 4.92 Å². The Kier molecular flexibility index (Phi) is 5.20. The summed E-state index contributed by atoms with van der Waals surface area (Å²) in [6, 6.07) is 1.91. The summed E-state index contributed by atoms with van der Waals surface area (Å²) in [5, 5.41) is 18.8. The number of nitrogens with zero attached hydrogens (tertiary/aromatic N) is 2. The van der Waals surface area contributed by atoms with Crippen LogP contribution >= 0.6 is 0 Å². The highest BCUT2D eigenvalue weighted by molar-refractivity contribution is 4.98. The van der Waals surface area contributed by atoms with Gasteiger partial charge in [-0.05, 0) is 19.9 Å². The quantitative estimate of drug-likeness (QED) is 0.370. The third kappa shape index (κ3) is 4.06. The Morgan fingerprint density at radius 2 is 2.46 bits per heavy atom. The molecule has 0 spiro atoms. The zero-order chi connectivity index (χ0) is 10.3. The third-order valence-corrected chi connectivity index (χ3v) is 1.70. The molecule has 0 amide bonds. The van der Waals surface area contributed by atoms with Crippen LogP contribution in [0.4, 0.5) is 0 Å². The SMILES string of the molecule is C=C(C(CC#N)C/C=C\C)[N+](=O)[O-]. The zero-order valence-corrected chi connectivity index (χ0v) is 7.56. The average Bonchev–Trinajstić information content (AvgIpc) is 2.11. The van der Waals surface area contributed by atoms with Gasteiger partial charge in [0.25, 0.3) is 0 Å². The molecule has 0 saturated heterocycles. The Morgan fingerprint density at radius 1 is 1.85 bits per heavy atom. The molecule has 0 saturated carbocycles. The van der Waals surface area contributed by atoms with Crippen molar-refractivity contribution in [1.82, 2.24) is 0 Å². The second kappa shape index (κ2) is 5.95. The topological polar surface area (TPSA) is 66.9 Å². The van der Waals surface area contributed by atoms with Crippen molar-refractivity contribution in [3.05, 3.63) is 34.5 Å². The van der Waals surface area contributed by atoms with E-state index in [4.69, 9.17) is 5.26 Å². The number of hydrogen-bond acceptors (Lipinski definition) is 3. The molecule has 4 nitrogen and oxygen atoms in total. The van der Waals surface area contributed by atoms with Gasteiger partial charge in [0.15, 0.2) is 0 Å². The Hall–Kier alpha value is -1.63. The van der Waals surface area contributed by atoms with Crippen molar-refractivity contribution in [2.24, 2.45) is 5.92 Å². The van der Waals surface area contributed by atoms with Gasteiger partial charge in [-0.15, -0.1) is 0 Å². The van der Waals surface area contributed by atoms with Gasteiger partial charge in [0.05, 0.1) is 16.9 Å². The summed E-state index contributed by atoms with van der Waals surface area (Å²) in [5.41, 5.74) is -0.0837. The molecule has 1 unspecified atom stereocenters. The molecular formula is C9H12N2O2. The van der Waals surface area contributed by atoms with Crippen LogP contribution in [0.1, 0.15) is 19.8 Å². The minimum atomic E-state index is -0.522. The molecule has 0 aliphatic carbocycles. The first-order valence-corrected chi connectivity index (χ1v) is 3.94. The second-order valence-electron chi connectivity index (χ2n) is 2.61. The van der Waals surface area contributed by atoms with Gasteiger partial charge in [-0.25, -0.2) is 0 Å². The van der Waals surface area contributed by atoms with Crippen LogP contribution in [-0.2, 0) is 0 Å². The molecule has 0 aromatic heterocycles. The van der Waals surface area contributed by atoms with Gasteiger partial charge in [0, 0.05) is 6.42 Å². The molecule has 0 aromatic rings. The van der Waals surface area contributed by atoms with Crippen molar-refractivity contribution in [3.63, 3.8) is 0 Å². The maximum absolute atomic E-state index is 10.4. The number of nitro groups is 1. The molecule has 0 heterocycles. The Bertz CT molecular complexity index is 263. The van der Waals surface area contributed by atoms with Crippen molar-refractivity contribution >= 4 is 0 Å². The van der Waals surface area contributed by atoms with Gasteiger partial charge < -0.3 is 0 Å². The van der Waals surface area contributed by atoms with Gasteiger partial charge in [-0.2, -0.15) is 5.26 Å². The fraction of sp³-hybridized carbons (Fsp3) is 0.444. The van der Waals surface area contributed by atoms with Crippen LogP contribution in [0.3, 0.4) is 0 Å². The summed E-state index contributed by atoms with van der Waals surface area (Å²) in [6.45, 7) is 5.17. The van der Waals surface area contributed by atoms with Crippen LogP contribution in [0.25, 0.3) is 0 Å². The summed E-state index contributed by atoms with van der Waals surface area (Å²) >= 11 is 0. The summed E-state index contributed by atoms with van der Waals surface area (Å²) in [5.74, 6) is -0.365. The molecule has 1 atom stereocenters. The van der Waals surface area contributed by atoms with Crippen LogP contribution in [0.2, 0.25) is 0 Å². The largest absolute Gasteiger partial charge is 0.259 e. The van der Waals surface area contributed by atoms with E-state index in [9.17, 15) is 10.1 Å². The predicted molar refractivity (Wildman–Crippen MR) is 49.3 cm³/mol. The standard InChI is InChI=1S/C9H12N2O2/c1-3-4-5-9(6-7-10)8(2)11(12)13/h3-4,9H,2,5-6H2,1H3/b4-3-. The van der Waals surface area contributed by atoms with Gasteiger partial charge in [-0.3, -0.25) is 10.1 Å². The van der Waals surface area contributed by atoms with E-state index in [0.717, 1.165) is 0 Å². The highest BCUT2D eigenvalue weighted by Gasteiger charge is 2.20. The second-order valence-corrected chi connectivity index (χ2v) is 2.61. The minimum absolute atomic E-state index is 0.0837. The van der Waals surface area contributed by atoms with E-state index in [0.29, 0.717) is 6.42 Å². The van der Waals surface area contributed by atoms with Crippen molar-refractivity contribution in [1.29, 1.82) is 5.26 Å². The van der Waals surface area contributed by atoms with E-state index in [1.807, 2.05) is 13.0 Å². The van der Waals surface area contributed by atoms with Crippen LogP contribution in [0, 0.1) is 27.4 Å². The fourth-order valence-electron chi connectivity index (χ4n) is 0.897. The van der Waals surface area contributed by atoms with E-state index in [2.05, 4.69) is 6.58 Å². The number of allylic oxidation sites excluding steroid dienone is 3. The monoisotopic (exact) mass is 180 g/mol.